The molecule has 1 aliphatic heterocycles. The number of aromatic nitrogens is 2. The number of halogens is 1. The summed E-state index contributed by atoms with van der Waals surface area (Å²) in [4.78, 5) is 7.18. The van der Waals surface area contributed by atoms with Crippen molar-refractivity contribution in [2.45, 2.75) is 44.2 Å². The molecule has 0 aliphatic carbocycles. The summed E-state index contributed by atoms with van der Waals surface area (Å²) in [6, 6.07) is 11.2. The third-order valence-corrected chi connectivity index (χ3v) is 7.93. The lowest BCUT2D eigenvalue weighted by molar-refractivity contribution is 0.228. The molecular formula is C24H31FN4O3S. The first-order chi connectivity index (χ1) is 15.9. The molecule has 0 spiro atoms. The molecule has 0 amide bonds. The maximum atomic E-state index is 13.1. The van der Waals surface area contributed by atoms with E-state index in [2.05, 4.69) is 16.4 Å². The number of fused-ring (bicyclic) bond motifs is 1. The van der Waals surface area contributed by atoms with Gasteiger partial charge >= 0.3 is 0 Å². The van der Waals surface area contributed by atoms with Crippen molar-refractivity contribution in [3.8, 4) is 5.75 Å². The fourth-order valence-electron chi connectivity index (χ4n) is 4.22. The number of aryl methyl sites for hydroxylation is 1. The van der Waals surface area contributed by atoms with Gasteiger partial charge in [-0.25, -0.2) is 17.8 Å². The van der Waals surface area contributed by atoms with E-state index >= 15 is 0 Å². The molecule has 1 aliphatic rings. The maximum absolute atomic E-state index is 13.1. The molecule has 1 fully saturated rings. The van der Waals surface area contributed by atoms with Gasteiger partial charge in [0.1, 0.15) is 24.0 Å². The Morgan fingerprint density at radius 3 is 2.52 bits per heavy atom. The zero-order valence-electron chi connectivity index (χ0n) is 19.2. The molecule has 9 heteroatoms. The van der Waals surface area contributed by atoms with Gasteiger partial charge in [0.25, 0.3) is 0 Å². The van der Waals surface area contributed by atoms with E-state index in [9.17, 15) is 12.8 Å². The second-order valence-electron chi connectivity index (χ2n) is 8.43. The molecule has 3 aromatic rings. The van der Waals surface area contributed by atoms with Gasteiger partial charge in [-0.3, -0.25) is 4.90 Å². The highest BCUT2D eigenvalue weighted by Crippen LogP contribution is 2.25. The van der Waals surface area contributed by atoms with Crippen LogP contribution in [0.3, 0.4) is 0 Å². The highest BCUT2D eigenvalue weighted by molar-refractivity contribution is 7.89. The van der Waals surface area contributed by atoms with Crippen LogP contribution in [-0.4, -0.2) is 60.5 Å². The third kappa shape index (κ3) is 5.37. The van der Waals surface area contributed by atoms with Gasteiger partial charge in [-0.1, -0.05) is 6.42 Å². The van der Waals surface area contributed by atoms with Crippen LogP contribution in [0.1, 0.15) is 32.0 Å². The lowest BCUT2D eigenvalue weighted by Gasteiger charge is -2.25. The zero-order valence-corrected chi connectivity index (χ0v) is 20.0. The van der Waals surface area contributed by atoms with E-state index in [0.717, 1.165) is 37.1 Å². The second kappa shape index (κ2) is 10.2. The Hall–Kier alpha value is -2.49. The summed E-state index contributed by atoms with van der Waals surface area (Å²) in [5.41, 5.74) is 1.63. The average Bonchev–Trinajstić information content (AvgIpc) is 3.17. The van der Waals surface area contributed by atoms with Crippen molar-refractivity contribution in [1.29, 1.82) is 0 Å². The number of benzene rings is 2. The summed E-state index contributed by atoms with van der Waals surface area (Å²) in [7, 11) is -1.51. The van der Waals surface area contributed by atoms with Crippen LogP contribution in [0.25, 0.3) is 11.0 Å². The van der Waals surface area contributed by atoms with Crippen LogP contribution in [0.15, 0.2) is 47.4 Å². The van der Waals surface area contributed by atoms with Crippen LogP contribution in [0.2, 0.25) is 0 Å². The molecule has 0 unspecified atom stereocenters. The van der Waals surface area contributed by atoms with E-state index in [1.807, 2.05) is 13.1 Å². The Balaban J connectivity index is 1.46. The molecule has 1 aromatic heterocycles. The first kappa shape index (κ1) is 23.7. The number of rotatable bonds is 9. The summed E-state index contributed by atoms with van der Waals surface area (Å²) in [6.07, 6.45) is 2.90. The van der Waals surface area contributed by atoms with E-state index in [4.69, 9.17) is 9.72 Å². The second-order valence-corrected chi connectivity index (χ2v) is 10.4. The smallest absolute Gasteiger partial charge is 0.243 e. The molecule has 1 saturated heterocycles. The lowest BCUT2D eigenvalue weighted by Crippen LogP contribution is -2.35. The maximum Gasteiger partial charge on any atom is 0.243 e. The first-order valence-corrected chi connectivity index (χ1v) is 12.9. The predicted octanol–water partition coefficient (Wildman–Crippen LogP) is 3.88. The number of sulfonamides is 1. The molecule has 0 N–H and O–H groups in total. The van der Waals surface area contributed by atoms with Crippen LogP contribution in [0, 0.1) is 5.82 Å². The summed E-state index contributed by atoms with van der Waals surface area (Å²) in [6.45, 7) is 5.69. The Morgan fingerprint density at radius 1 is 1.09 bits per heavy atom. The molecule has 4 rings (SSSR count). The number of hydrogen-bond acceptors (Lipinski definition) is 5. The number of imidazole rings is 1. The highest BCUT2D eigenvalue weighted by atomic mass is 32.2. The average molecular weight is 475 g/mol. The quantitative estimate of drug-likeness (QED) is 0.471. The standard InChI is InChI=1S/C24H31FN4O3S/c1-3-29-23-12-11-21(33(30,31)28-13-5-4-6-14-28)17-22(23)26-24(29)18-27(2)15-16-32-20-9-7-19(25)8-10-20/h7-12,17H,3-6,13-16,18H2,1-2H3. The van der Waals surface area contributed by atoms with Crippen molar-refractivity contribution in [2.75, 3.05) is 33.3 Å². The Kier molecular flexibility index (Phi) is 7.31. The number of nitrogens with zero attached hydrogens (tertiary/aromatic N) is 4. The van der Waals surface area contributed by atoms with Crippen LogP contribution < -0.4 is 4.74 Å². The molecule has 2 heterocycles. The third-order valence-electron chi connectivity index (χ3n) is 6.03. The topological polar surface area (TPSA) is 67.7 Å². The number of piperidine rings is 1. The van der Waals surface area contributed by atoms with Crippen LogP contribution >= 0.6 is 0 Å². The van der Waals surface area contributed by atoms with E-state index < -0.39 is 10.0 Å². The predicted molar refractivity (Wildman–Crippen MR) is 126 cm³/mol. The van der Waals surface area contributed by atoms with Gasteiger partial charge in [0.2, 0.25) is 10.0 Å². The van der Waals surface area contributed by atoms with E-state index in [1.54, 1.807) is 28.6 Å². The van der Waals surface area contributed by atoms with Gasteiger partial charge in [-0.2, -0.15) is 4.31 Å². The molecule has 0 bridgehead atoms. The monoisotopic (exact) mass is 474 g/mol. The van der Waals surface area contributed by atoms with Crippen molar-refractivity contribution >= 4 is 21.1 Å². The molecule has 2 aromatic carbocycles. The molecular weight excluding hydrogens is 443 g/mol. The van der Waals surface area contributed by atoms with Crippen molar-refractivity contribution in [2.24, 2.45) is 0 Å². The lowest BCUT2D eigenvalue weighted by atomic mass is 10.2. The molecule has 0 saturated carbocycles. The minimum Gasteiger partial charge on any atom is -0.492 e. The largest absolute Gasteiger partial charge is 0.492 e. The fraction of sp³-hybridized carbons (Fsp3) is 0.458. The minimum atomic E-state index is -3.49. The summed E-state index contributed by atoms with van der Waals surface area (Å²) < 4.78 is 48.6. The molecule has 7 nitrogen and oxygen atoms in total. The minimum absolute atomic E-state index is 0.287. The van der Waals surface area contributed by atoms with E-state index in [-0.39, 0.29) is 5.82 Å². The van der Waals surface area contributed by atoms with Crippen LogP contribution in [0.5, 0.6) is 5.75 Å². The zero-order chi connectivity index (χ0) is 23.4. The van der Waals surface area contributed by atoms with Gasteiger partial charge in [0.05, 0.1) is 22.5 Å². The van der Waals surface area contributed by atoms with Crippen molar-refractivity contribution in [3.63, 3.8) is 0 Å². The number of hydrogen-bond donors (Lipinski definition) is 0. The van der Waals surface area contributed by atoms with E-state index in [1.165, 1.54) is 12.1 Å². The summed E-state index contributed by atoms with van der Waals surface area (Å²) >= 11 is 0. The van der Waals surface area contributed by atoms with Gasteiger partial charge in [-0.15, -0.1) is 0 Å². The van der Waals surface area contributed by atoms with Gasteiger partial charge in [0, 0.05) is 26.2 Å². The highest BCUT2D eigenvalue weighted by Gasteiger charge is 2.26. The van der Waals surface area contributed by atoms with Gasteiger partial charge in [-0.05, 0) is 69.3 Å². The molecule has 33 heavy (non-hydrogen) atoms. The summed E-state index contributed by atoms with van der Waals surface area (Å²) in [5.74, 6) is 1.22. The van der Waals surface area contributed by atoms with Crippen LogP contribution in [0.4, 0.5) is 4.39 Å². The molecule has 0 radical (unpaired) electrons. The van der Waals surface area contributed by atoms with Crippen LogP contribution in [-0.2, 0) is 23.1 Å². The number of ether oxygens (including phenoxy) is 1. The van der Waals surface area contributed by atoms with Gasteiger partial charge < -0.3 is 9.30 Å². The molecule has 0 atom stereocenters. The first-order valence-electron chi connectivity index (χ1n) is 11.4. The number of likely N-dealkylation sites (N-methyl/N-ethyl adjacent to an activating group) is 1. The van der Waals surface area contributed by atoms with Crippen molar-refractivity contribution < 1.29 is 17.5 Å². The molecule has 178 valence electrons. The normalized spacial score (nSPS) is 15.4. The van der Waals surface area contributed by atoms with Gasteiger partial charge in [0.15, 0.2) is 0 Å². The Bertz CT molecular complexity index is 1190. The SMILES string of the molecule is CCn1c(CN(C)CCOc2ccc(F)cc2)nc2cc(S(=O)(=O)N3CCCCC3)ccc21. The van der Waals surface area contributed by atoms with Crippen molar-refractivity contribution in [1.82, 2.24) is 18.8 Å². The van der Waals surface area contributed by atoms with E-state index in [0.29, 0.717) is 48.9 Å². The Labute approximate surface area is 194 Å². The fourth-order valence-corrected chi connectivity index (χ4v) is 5.76. The Morgan fingerprint density at radius 2 is 1.82 bits per heavy atom. The van der Waals surface area contributed by atoms with Crippen molar-refractivity contribution in [3.05, 3.63) is 54.1 Å². The summed E-state index contributed by atoms with van der Waals surface area (Å²) in [5, 5.41) is 0.